The fraction of sp³-hybridized carbons (Fsp3) is 0.417. The van der Waals surface area contributed by atoms with Crippen molar-refractivity contribution in [1.82, 2.24) is 0 Å². The molecule has 1 aromatic rings. The summed E-state index contributed by atoms with van der Waals surface area (Å²) in [5, 5.41) is 9.10. The summed E-state index contributed by atoms with van der Waals surface area (Å²) in [6.07, 6.45) is 1.78. The Balaban J connectivity index is 2.29. The van der Waals surface area contributed by atoms with Crippen LogP contribution in [0.1, 0.15) is 17.5 Å². The molecule has 0 atom stereocenters. The summed E-state index contributed by atoms with van der Waals surface area (Å²) in [6.45, 7) is -0.401. The smallest absolute Gasteiger partial charge is 0.0909 e. The van der Waals surface area contributed by atoms with Gasteiger partial charge in [0, 0.05) is 0 Å². The Kier molecular flexibility index (Phi) is 2.25. The number of alkyl halides is 1. The van der Waals surface area contributed by atoms with Crippen LogP contribution < -0.4 is 0 Å². The second kappa shape index (κ2) is 3.42. The summed E-state index contributed by atoms with van der Waals surface area (Å²) >= 11 is 0. The third kappa shape index (κ3) is 1.39. The predicted octanol–water partition coefficient (Wildman–Crippen LogP) is 2.65. The van der Waals surface area contributed by atoms with E-state index < -0.39 is 12.1 Å². The van der Waals surface area contributed by atoms with Crippen molar-refractivity contribution in [2.45, 2.75) is 19.3 Å². The molecule has 0 bridgehead atoms. The highest BCUT2D eigenvalue weighted by atomic mass is 19.1. The van der Waals surface area contributed by atoms with Crippen LogP contribution in [0.4, 0.5) is 4.39 Å². The molecule has 1 aromatic carbocycles. The van der Waals surface area contributed by atoms with Gasteiger partial charge in [-0.15, -0.1) is 0 Å². The normalized spacial score (nSPS) is 17.4. The summed E-state index contributed by atoms with van der Waals surface area (Å²) in [7, 11) is 0. The molecule has 72 valence electrons. The molecule has 14 heavy (non-hydrogen) atoms. The molecule has 0 saturated heterocycles. The van der Waals surface area contributed by atoms with E-state index in [4.69, 9.17) is 5.26 Å². The zero-order chi connectivity index (χ0) is 10.0. The van der Waals surface area contributed by atoms with Crippen molar-refractivity contribution in [3.63, 3.8) is 0 Å². The van der Waals surface area contributed by atoms with Crippen LogP contribution >= 0.6 is 0 Å². The van der Waals surface area contributed by atoms with E-state index in [1.165, 1.54) is 11.1 Å². The van der Waals surface area contributed by atoms with Crippen molar-refractivity contribution in [3.8, 4) is 6.07 Å². The van der Waals surface area contributed by atoms with Crippen LogP contribution in [0.2, 0.25) is 0 Å². The number of benzene rings is 1. The molecule has 1 nitrogen and oxygen atoms in total. The molecular formula is C12H12FN. The van der Waals surface area contributed by atoms with Gasteiger partial charge < -0.3 is 0 Å². The topological polar surface area (TPSA) is 23.8 Å². The maximum atomic E-state index is 12.3. The van der Waals surface area contributed by atoms with E-state index in [1.807, 2.05) is 24.3 Å². The molecule has 0 unspecified atom stereocenters. The van der Waals surface area contributed by atoms with Crippen molar-refractivity contribution < 1.29 is 4.39 Å². The van der Waals surface area contributed by atoms with Gasteiger partial charge in [-0.2, -0.15) is 5.26 Å². The van der Waals surface area contributed by atoms with E-state index in [2.05, 4.69) is 6.07 Å². The van der Waals surface area contributed by atoms with Crippen LogP contribution in [-0.2, 0) is 12.8 Å². The maximum absolute atomic E-state index is 12.3. The van der Waals surface area contributed by atoms with Gasteiger partial charge in [-0.1, -0.05) is 24.3 Å². The van der Waals surface area contributed by atoms with Gasteiger partial charge >= 0.3 is 0 Å². The molecular weight excluding hydrogens is 177 g/mol. The summed E-state index contributed by atoms with van der Waals surface area (Å²) in [4.78, 5) is 0. The molecule has 1 aliphatic rings. The fourth-order valence-corrected chi connectivity index (χ4v) is 2.19. The molecule has 1 aliphatic carbocycles. The van der Waals surface area contributed by atoms with Gasteiger partial charge in [-0.25, -0.2) is 0 Å². The number of nitrogens with zero attached hydrogens (tertiary/aromatic N) is 1. The molecule has 0 fully saturated rings. The first kappa shape index (κ1) is 9.21. The van der Waals surface area contributed by atoms with Crippen molar-refractivity contribution in [3.05, 3.63) is 35.4 Å². The minimum atomic E-state index is -0.474. The van der Waals surface area contributed by atoms with Crippen LogP contribution in [0.15, 0.2) is 24.3 Å². The third-order valence-electron chi connectivity index (χ3n) is 2.99. The molecule has 0 amide bonds. The van der Waals surface area contributed by atoms with E-state index in [9.17, 15) is 4.39 Å². The van der Waals surface area contributed by atoms with Gasteiger partial charge in [0.15, 0.2) is 0 Å². The molecule has 0 aromatic heterocycles. The van der Waals surface area contributed by atoms with Crippen molar-refractivity contribution >= 4 is 0 Å². The summed E-state index contributed by atoms with van der Waals surface area (Å²) in [6, 6.07) is 10.3. The quantitative estimate of drug-likeness (QED) is 0.701. The average Bonchev–Trinajstić information content (AvgIpc) is 2.57. The van der Waals surface area contributed by atoms with E-state index in [0.29, 0.717) is 19.3 Å². The zero-order valence-electron chi connectivity index (χ0n) is 7.96. The third-order valence-corrected chi connectivity index (χ3v) is 2.99. The number of nitriles is 1. The van der Waals surface area contributed by atoms with Gasteiger partial charge in [0.1, 0.15) is 0 Å². The average molecular weight is 189 g/mol. The van der Waals surface area contributed by atoms with E-state index >= 15 is 0 Å². The van der Waals surface area contributed by atoms with Crippen LogP contribution in [-0.4, -0.2) is 6.67 Å². The Morgan fingerprint density at radius 3 is 2.29 bits per heavy atom. The SMILES string of the molecule is N#CC1(CCF)Cc2ccccc2C1. The Bertz CT molecular complexity index is 353. The molecule has 2 heteroatoms. The zero-order valence-corrected chi connectivity index (χ0v) is 7.96. The van der Waals surface area contributed by atoms with E-state index in [1.54, 1.807) is 0 Å². The first-order valence-electron chi connectivity index (χ1n) is 4.84. The number of fused-ring (bicyclic) bond motifs is 1. The Labute approximate surface area is 83.2 Å². The molecule has 0 N–H and O–H groups in total. The number of hydrogen-bond acceptors (Lipinski definition) is 1. The largest absolute Gasteiger partial charge is 0.251 e. The molecule has 2 rings (SSSR count). The first-order chi connectivity index (χ1) is 6.79. The fourth-order valence-electron chi connectivity index (χ4n) is 2.19. The summed E-state index contributed by atoms with van der Waals surface area (Å²) in [5.74, 6) is 0. The standard InChI is InChI=1S/C12H12FN/c13-6-5-12(9-14)7-10-3-1-2-4-11(10)8-12/h1-4H,5-8H2. The summed E-state index contributed by atoms with van der Waals surface area (Å²) in [5.41, 5.74) is 1.95. The lowest BCUT2D eigenvalue weighted by atomic mass is 9.83. The number of hydrogen-bond donors (Lipinski definition) is 0. The Morgan fingerprint density at radius 1 is 1.29 bits per heavy atom. The lowest BCUT2D eigenvalue weighted by Crippen LogP contribution is -2.19. The van der Waals surface area contributed by atoms with Gasteiger partial charge in [-0.05, 0) is 30.4 Å². The number of rotatable bonds is 2. The molecule has 0 aliphatic heterocycles. The molecule has 0 radical (unpaired) electrons. The van der Waals surface area contributed by atoms with E-state index in [0.717, 1.165) is 0 Å². The van der Waals surface area contributed by atoms with Gasteiger partial charge in [0.25, 0.3) is 0 Å². The van der Waals surface area contributed by atoms with Crippen molar-refractivity contribution in [1.29, 1.82) is 5.26 Å². The van der Waals surface area contributed by atoms with E-state index in [-0.39, 0.29) is 0 Å². The van der Waals surface area contributed by atoms with Crippen LogP contribution in [0.25, 0.3) is 0 Å². The lowest BCUT2D eigenvalue weighted by Gasteiger charge is -2.17. The highest BCUT2D eigenvalue weighted by molar-refractivity contribution is 5.36. The minimum absolute atomic E-state index is 0.359. The van der Waals surface area contributed by atoms with Crippen molar-refractivity contribution in [2.24, 2.45) is 5.41 Å². The predicted molar refractivity (Wildman–Crippen MR) is 52.5 cm³/mol. The monoisotopic (exact) mass is 189 g/mol. The summed E-state index contributed by atoms with van der Waals surface area (Å²) < 4.78 is 12.3. The second-order valence-corrected chi connectivity index (χ2v) is 3.95. The Hall–Kier alpha value is -1.36. The highest BCUT2D eigenvalue weighted by Crippen LogP contribution is 2.38. The van der Waals surface area contributed by atoms with Crippen molar-refractivity contribution in [2.75, 3.05) is 6.67 Å². The highest BCUT2D eigenvalue weighted by Gasteiger charge is 2.36. The lowest BCUT2D eigenvalue weighted by molar-refractivity contribution is 0.323. The Morgan fingerprint density at radius 2 is 1.86 bits per heavy atom. The second-order valence-electron chi connectivity index (χ2n) is 3.95. The molecule has 0 heterocycles. The molecule has 0 saturated carbocycles. The van der Waals surface area contributed by atoms with Crippen LogP contribution in [0, 0.1) is 16.7 Å². The maximum Gasteiger partial charge on any atom is 0.0909 e. The molecule has 0 spiro atoms. The van der Waals surface area contributed by atoms with Gasteiger partial charge in [-0.3, -0.25) is 4.39 Å². The van der Waals surface area contributed by atoms with Gasteiger partial charge in [0.05, 0.1) is 18.2 Å². The van der Waals surface area contributed by atoms with Crippen LogP contribution in [0.5, 0.6) is 0 Å². The van der Waals surface area contributed by atoms with Gasteiger partial charge in [0.2, 0.25) is 0 Å². The van der Waals surface area contributed by atoms with Crippen LogP contribution in [0.3, 0.4) is 0 Å². The minimum Gasteiger partial charge on any atom is -0.251 e. The first-order valence-corrected chi connectivity index (χ1v) is 4.84. The number of halogens is 1.